The molecule has 168 valence electrons. The molecule has 1 saturated heterocycles. The van der Waals surface area contributed by atoms with Crippen molar-refractivity contribution in [2.75, 3.05) is 31.6 Å². The van der Waals surface area contributed by atoms with Crippen molar-refractivity contribution >= 4 is 22.5 Å². The van der Waals surface area contributed by atoms with E-state index in [1.54, 1.807) is 18.2 Å². The summed E-state index contributed by atoms with van der Waals surface area (Å²) >= 11 is 0. The minimum absolute atomic E-state index is 0.305. The molecular formula is C21H19F3N4O3S. The van der Waals surface area contributed by atoms with E-state index in [0.29, 0.717) is 48.4 Å². The Morgan fingerprint density at radius 2 is 1.69 bits per heavy atom. The van der Waals surface area contributed by atoms with Crippen LogP contribution in [0.1, 0.15) is 0 Å². The third kappa shape index (κ3) is 5.81. The van der Waals surface area contributed by atoms with E-state index in [1.807, 2.05) is 16.4 Å². The fourth-order valence-corrected chi connectivity index (χ4v) is 4.22. The lowest BCUT2D eigenvalue weighted by molar-refractivity contribution is -0.274. The molecule has 3 aromatic rings. The van der Waals surface area contributed by atoms with Gasteiger partial charge in [0.05, 0.1) is 23.8 Å². The van der Waals surface area contributed by atoms with Crippen LogP contribution in [-0.2, 0) is 15.7 Å². The number of anilines is 2. The number of aromatic nitrogens is 2. The highest BCUT2D eigenvalue weighted by Crippen LogP contribution is 2.26. The highest BCUT2D eigenvalue weighted by Gasteiger charge is 2.31. The molecule has 1 N–H and O–H groups in total. The van der Waals surface area contributed by atoms with Gasteiger partial charge in [-0.1, -0.05) is 12.1 Å². The maximum absolute atomic E-state index is 12.7. The fraction of sp³-hybridized carbons (Fsp3) is 0.238. The Balaban J connectivity index is 1.44. The molecule has 32 heavy (non-hydrogen) atoms. The molecule has 1 aliphatic rings. The van der Waals surface area contributed by atoms with Crippen molar-refractivity contribution in [3.63, 3.8) is 0 Å². The highest BCUT2D eigenvalue weighted by molar-refractivity contribution is 7.82. The summed E-state index contributed by atoms with van der Waals surface area (Å²) in [4.78, 5) is 9.12. The van der Waals surface area contributed by atoms with Crippen molar-refractivity contribution in [3.8, 4) is 17.0 Å². The summed E-state index contributed by atoms with van der Waals surface area (Å²) in [5.41, 5.74) is 2.00. The summed E-state index contributed by atoms with van der Waals surface area (Å²) in [6.45, 7) is 2.38. The molecule has 0 saturated carbocycles. The van der Waals surface area contributed by atoms with E-state index in [9.17, 15) is 17.4 Å². The molecule has 1 atom stereocenters. The van der Waals surface area contributed by atoms with Gasteiger partial charge in [-0.25, -0.2) is 18.5 Å². The molecule has 1 fully saturated rings. The monoisotopic (exact) mass is 464 g/mol. The first-order chi connectivity index (χ1) is 15.4. The van der Waals surface area contributed by atoms with Gasteiger partial charge in [-0.15, -0.1) is 13.2 Å². The minimum atomic E-state index is -4.74. The van der Waals surface area contributed by atoms with Gasteiger partial charge < -0.3 is 14.8 Å². The van der Waals surface area contributed by atoms with Gasteiger partial charge in [0.2, 0.25) is 0 Å². The average Bonchev–Trinajstić information content (AvgIpc) is 2.80. The van der Waals surface area contributed by atoms with Crippen molar-refractivity contribution in [2.24, 2.45) is 0 Å². The smallest absolute Gasteiger partial charge is 0.406 e. The highest BCUT2D eigenvalue weighted by atomic mass is 32.2. The van der Waals surface area contributed by atoms with E-state index in [0.717, 1.165) is 5.56 Å². The van der Waals surface area contributed by atoms with Crippen LogP contribution in [0.25, 0.3) is 11.3 Å². The maximum atomic E-state index is 12.7. The van der Waals surface area contributed by atoms with Gasteiger partial charge in [0, 0.05) is 30.4 Å². The summed E-state index contributed by atoms with van der Waals surface area (Å²) < 4.78 is 60.5. The van der Waals surface area contributed by atoms with Gasteiger partial charge in [0.1, 0.15) is 28.9 Å². The van der Waals surface area contributed by atoms with Gasteiger partial charge in [-0.05, 0) is 36.4 Å². The number of rotatable bonds is 6. The van der Waals surface area contributed by atoms with Gasteiger partial charge >= 0.3 is 6.36 Å². The Bertz CT molecular complexity index is 1070. The molecule has 1 aliphatic heterocycles. The molecule has 0 bridgehead atoms. The summed E-state index contributed by atoms with van der Waals surface area (Å²) in [7, 11) is -1.25. The van der Waals surface area contributed by atoms with Crippen LogP contribution in [0.5, 0.6) is 5.75 Å². The number of halogens is 3. The summed E-state index contributed by atoms with van der Waals surface area (Å²) in [5.74, 6) is 0.168. The lowest BCUT2D eigenvalue weighted by Gasteiger charge is -2.25. The van der Waals surface area contributed by atoms with E-state index in [-0.39, 0.29) is 5.75 Å². The molecule has 0 amide bonds. The van der Waals surface area contributed by atoms with E-state index >= 15 is 0 Å². The molecule has 7 nitrogen and oxygen atoms in total. The van der Waals surface area contributed by atoms with Crippen LogP contribution in [0.4, 0.5) is 24.7 Å². The standard InChI is InChI=1S/C21H19F3N4O3S/c22-21(23,24)31-17-5-3-16(4-6-17)27-20-13-19(25-14-26-20)15-1-7-18(8-2-15)32(29)28-9-11-30-12-10-28/h1-8,13-14H,9-12H2,(H,25,26,27). The van der Waals surface area contributed by atoms with Crippen LogP contribution in [0, 0.1) is 0 Å². The number of hydrogen-bond donors (Lipinski definition) is 1. The molecule has 2 heterocycles. The Labute approximate surface area is 184 Å². The predicted molar refractivity (Wildman–Crippen MR) is 113 cm³/mol. The number of morpholine rings is 1. The predicted octanol–water partition coefficient (Wildman–Crippen LogP) is 4.14. The molecule has 11 heteroatoms. The Hall–Kier alpha value is -3.02. The lowest BCUT2D eigenvalue weighted by Crippen LogP contribution is -2.37. The summed E-state index contributed by atoms with van der Waals surface area (Å²) in [6, 6.07) is 14.3. The van der Waals surface area contributed by atoms with Crippen molar-refractivity contribution in [1.82, 2.24) is 14.3 Å². The van der Waals surface area contributed by atoms with Gasteiger partial charge in [-0.3, -0.25) is 0 Å². The third-order valence-corrected chi connectivity index (χ3v) is 6.09. The van der Waals surface area contributed by atoms with Gasteiger partial charge in [-0.2, -0.15) is 0 Å². The average molecular weight is 464 g/mol. The van der Waals surface area contributed by atoms with Crippen molar-refractivity contribution < 1.29 is 26.9 Å². The number of nitrogens with one attached hydrogen (secondary N) is 1. The third-order valence-electron chi connectivity index (χ3n) is 4.58. The first kappa shape index (κ1) is 22.2. The largest absolute Gasteiger partial charge is 0.573 e. The maximum Gasteiger partial charge on any atom is 0.573 e. The van der Waals surface area contributed by atoms with Gasteiger partial charge in [0.25, 0.3) is 0 Å². The molecule has 1 unspecified atom stereocenters. The molecule has 0 aliphatic carbocycles. The fourth-order valence-electron chi connectivity index (χ4n) is 3.07. The lowest BCUT2D eigenvalue weighted by atomic mass is 10.1. The first-order valence-corrected chi connectivity index (χ1v) is 10.8. The number of alkyl halides is 3. The van der Waals surface area contributed by atoms with Crippen molar-refractivity contribution in [1.29, 1.82) is 0 Å². The number of benzene rings is 2. The van der Waals surface area contributed by atoms with E-state index in [1.165, 1.54) is 30.6 Å². The number of nitrogens with zero attached hydrogens (tertiary/aromatic N) is 3. The zero-order chi connectivity index (χ0) is 22.6. The SMILES string of the molecule is O=S(c1ccc(-c2cc(Nc3ccc(OC(F)(F)F)cc3)ncn2)cc1)N1CCOCC1. The topological polar surface area (TPSA) is 76.6 Å². The minimum Gasteiger partial charge on any atom is -0.406 e. The van der Waals surface area contributed by atoms with Gasteiger partial charge in [0.15, 0.2) is 0 Å². The second-order valence-electron chi connectivity index (χ2n) is 6.80. The van der Waals surface area contributed by atoms with E-state index in [2.05, 4.69) is 20.0 Å². The molecule has 0 spiro atoms. The van der Waals surface area contributed by atoms with E-state index in [4.69, 9.17) is 4.74 Å². The number of hydrogen-bond acceptors (Lipinski definition) is 6. The van der Waals surface area contributed by atoms with Crippen molar-refractivity contribution in [3.05, 3.63) is 60.9 Å². The first-order valence-electron chi connectivity index (χ1n) is 9.67. The normalized spacial score (nSPS) is 15.8. The Kier molecular flexibility index (Phi) is 6.68. The summed E-state index contributed by atoms with van der Waals surface area (Å²) in [6.07, 6.45) is -3.35. The Morgan fingerprint density at radius 1 is 1.00 bits per heavy atom. The number of ether oxygens (including phenoxy) is 2. The van der Waals surface area contributed by atoms with Crippen LogP contribution in [0.2, 0.25) is 0 Å². The molecule has 4 rings (SSSR count). The van der Waals surface area contributed by atoms with Crippen LogP contribution < -0.4 is 10.1 Å². The summed E-state index contributed by atoms with van der Waals surface area (Å²) in [5, 5.41) is 3.02. The van der Waals surface area contributed by atoms with E-state index < -0.39 is 17.3 Å². The zero-order valence-electron chi connectivity index (χ0n) is 16.7. The van der Waals surface area contributed by atoms with Crippen LogP contribution in [0.15, 0.2) is 65.8 Å². The van der Waals surface area contributed by atoms with Crippen LogP contribution in [-0.4, -0.2) is 51.1 Å². The molecular weight excluding hydrogens is 445 g/mol. The molecule has 2 aromatic carbocycles. The molecule has 1 aromatic heterocycles. The Morgan fingerprint density at radius 3 is 2.34 bits per heavy atom. The second kappa shape index (κ2) is 9.63. The van der Waals surface area contributed by atoms with Crippen LogP contribution >= 0.6 is 0 Å². The second-order valence-corrected chi connectivity index (χ2v) is 8.29. The van der Waals surface area contributed by atoms with Crippen molar-refractivity contribution in [2.45, 2.75) is 11.3 Å². The zero-order valence-corrected chi connectivity index (χ0v) is 17.5. The quantitative estimate of drug-likeness (QED) is 0.591. The van der Waals surface area contributed by atoms with Crippen LogP contribution in [0.3, 0.4) is 0 Å². The molecule has 0 radical (unpaired) electrons.